The summed E-state index contributed by atoms with van der Waals surface area (Å²) >= 11 is 0. The number of ether oxygens (including phenoxy) is 2. The van der Waals surface area contributed by atoms with E-state index >= 15 is 0 Å². The van der Waals surface area contributed by atoms with Gasteiger partial charge in [0.1, 0.15) is 18.8 Å². The number of likely N-dealkylation sites (N-methyl/N-ethyl adjacent to an activating group) is 1. The van der Waals surface area contributed by atoms with Gasteiger partial charge in [-0.3, -0.25) is 53.2 Å². The van der Waals surface area contributed by atoms with Crippen LogP contribution in [0.25, 0.3) is 0 Å². The van der Waals surface area contributed by atoms with Crippen LogP contribution in [0.4, 0.5) is 0 Å². The molecule has 0 saturated carbocycles. The molecule has 0 bridgehead atoms. The second kappa shape index (κ2) is 37.7. The fourth-order valence-electron chi connectivity index (χ4n) is 5.21. The number of carbonyl (C=O) groups is 7. The number of aliphatic hydroxyl groups is 4. The topological polar surface area (TPSA) is 355 Å². The number of nitrogens with zero attached hydrogens (tertiary/aromatic N) is 4. The molecule has 1 aliphatic rings. The van der Waals surface area contributed by atoms with Crippen LogP contribution in [-0.4, -0.2) is 247 Å². The molecule has 3 atom stereocenters. The third-order valence-corrected chi connectivity index (χ3v) is 8.38. The average molecular weight is 1090 g/mol. The third kappa shape index (κ3) is 34.6. The van der Waals surface area contributed by atoms with E-state index < -0.39 is 48.7 Å². The van der Waals surface area contributed by atoms with Crippen molar-refractivity contribution in [2.45, 2.75) is 44.0 Å². The maximum atomic E-state index is 11.7. The number of amides is 4. The van der Waals surface area contributed by atoms with E-state index in [4.69, 9.17) is 35.6 Å². The Morgan fingerprint density at radius 1 is 0.617 bits per heavy atom. The zero-order valence-electron chi connectivity index (χ0n) is 34.7. The molecule has 1 rings (SSSR count). The SMILES string of the molecule is CNC(=O)COCCOCCNC(=O)CCCC(=O)NCC[C@@H](O)[C@H](O)[C@H](O)CO.NC(=O)CN1CCN(CC(=O)O)CCN(CC(=O)O)CCN(CC(=O)O)CC1.[CH3-].[U]. The molecule has 0 aromatic heterocycles. The van der Waals surface area contributed by atoms with E-state index in [1.54, 1.807) is 19.6 Å². The van der Waals surface area contributed by atoms with Crippen molar-refractivity contribution in [2.24, 2.45) is 5.73 Å². The molecule has 25 heteroatoms. The summed E-state index contributed by atoms with van der Waals surface area (Å²) in [5, 5.41) is 71.9. The number of aliphatic hydroxyl groups excluding tert-OH is 4. The van der Waals surface area contributed by atoms with Gasteiger partial charge < -0.3 is 74.3 Å². The van der Waals surface area contributed by atoms with Crippen molar-refractivity contribution in [1.29, 1.82) is 0 Å². The Morgan fingerprint density at radius 2 is 1.02 bits per heavy atom. The Kier molecular flexibility index (Phi) is 38.5. The average Bonchev–Trinajstić information content (AvgIpc) is 3.15. The summed E-state index contributed by atoms with van der Waals surface area (Å²) < 4.78 is 10.3. The van der Waals surface area contributed by atoms with Crippen molar-refractivity contribution >= 4 is 41.5 Å². The second-order valence-electron chi connectivity index (χ2n) is 13.2. The van der Waals surface area contributed by atoms with E-state index in [0.717, 1.165) is 0 Å². The van der Waals surface area contributed by atoms with Gasteiger partial charge >= 0.3 is 17.9 Å². The number of hydrogen-bond acceptors (Lipinski definition) is 17. The van der Waals surface area contributed by atoms with Crippen LogP contribution in [0.1, 0.15) is 25.7 Å². The van der Waals surface area contributed by atoms with Gasteiger partial charge in [0.15, 0.2) is 0 Å². The molecule has 348 valence electrons. The molecule has 0 aliphatic carbocycles. The van der Waals surface area contributed by atoms with Gasteiger partial charge in [-0.25, -0.2) is 0 Å². The van der Waals surface area contributed by atoms with E-state index in [1.165, 1.54) is 7.05 Å². The Morgan fingerprint density at radius 3 is 1.40 bits per heavy atom. The summed E-state index contributed by atoms with van der Waals surface area (Å²) in [5.41, 5.74) is 5.28. The molecule has 1 fully saturated rings. The van der Waals surface area contributed by atoms with E-state index in [2.05, 4.69) is 16.0 Å². The summed E-state index contributed by atoms with van der Waals surface area (Å²) in [7, 11) is 1.52. The standard InChI is InChI=1S/C18H35N3O9.C16H29N5O7.CH3.U/c1-19-17(27)12-30-10-9-29-8-7-21-16(26)4-2-3-15(25)20-6-5-13(23)18(28)14(24)11-22;17-13(22)9-18-1-3-19(10-14(23)24)5-7-21(12-16(27)28)8-6-20(4-2-18)11-15(25)26;;/h13-14,18,22-24,28H,2-12H2,1H3,(H,19,27)(H,20,25)(H,21,26);1-12H2,(H2,17,22)(H,23,24)(H,25,26)(H,27,28);1H3;/q;;-1;/t13-,14-,18+;;;/m1.../s1. The number of primary amides is 1. The number of carboxylic acid groups (broad SMARTS) is 3. The van der Waals surface area contributed by atoms with Crippen LogP contribution in [0.2, 0.25) is 0 Å². The van der Waals surface area contributed by atoms with Gasteiger partial charge in [0.2, 0.25) is 23.6 Å². The molecule has 4 amide bonds. The Labute approximate surface area is 374 Å². The number of hydrogen-bond donors (Lipinski definition) is 11. The number of carboxylic acids is 3. The number of rotatable bonds is 26. The van der Waals surface area contributed by atoms with E-state index in [9.17, 15) is 48.9 Å². The molecule has 0 aromatic rings. The predicted molar refractivity (Wildman–Crippen MR) is 210 cm³/mol. The predicted octanol–water partition coefficient (Wildman–Crippen LogP) is -5.97. The molecule has 0 aromatic carbocycles. The van der Waals surface area contributed by atoms with Crippen LogP contribution in [0.15, 0.2) is 0 Å². The normalized spacial score (nSPS) is 16.0. The second-order valence-corrected chi connectivity index (χ2v) is 13.2. The Bertz CT molecular complexity index is 1130. The molecule has 0 spiro atoms. The van der Waals surface area contributed by atoms with Crippen LogP contribution in [0.3, 0.4) is 0 Å². The first-order valence-corrected chi connectivity index (χ1v) is 18.8. The fraction of sp³-hybridized carbons (Fsp3) is 0.771. The summed E-state index contributed by atoms with van der Waals surface area (Å²) in [4.78, 5) is 85.7. The van der Waals surface area contributed by atoms with Crippen molar-refractivity contribution in [3.8, 4) is 0 Å². The first kappa shape index (κ1) is 61.2. The third-order valence-electron chi connectivity index (χ3n) is 8.38. The molecule has 1 saturated heterocycles. The first-order chi connectivity index (χ1) is 27.5. The molecule has 1 heterocycles. The number of aliphatic carboxylic acids is 3. The van der Waals surface area contributed by atoms with Gasteiger partial charge in [-0.05, 0) is 12.8 Å². The minimum absolute atomic E-state index is 0. The largest absolute Gasteiger partial charge is 0.480 e. The molecule has 0 unspecified atom stereocenters. The smallest absolute Gasteiger partial charge is 0.317 e. The zero-order chi connectivity index (χ0) is 43.9. The maximum Gasteiger partial charge on any atom is 0.317 e. The molecular formula is C35H67N8O16U-. The van der Waals surface area contributed by atoms with E-state index in [-0.39, 0.29) is 121 Å². The van der Waals surface area contributed by atoms with Gasteiger partial charge in [-0.2, -0.15) is 0 Å². The number of nitrogens with one attached hydrogen (secondary N) is 3. The molecular weight excluding hydrogens is 1030 g/mol. The minimum Gasteiger partial charge on any atom is -0.480 e. The van der Waals surface area contributed by atoms with Crippen molar-refractivity contribution in [3.63, 3.8) is 0 Å². The molecule has 0 radical (unpaired) electrons. The van der Waals surface area contributed by atoms with Crippen LogP contribution in [0.5, 0.6) is 0 Å². The van der Waals surface area contributed by atoms with Crippen LogP contribution in [-0.2, 0) is 43.0 Å². The quantitative estimate of drug-likeness (QED) is 0.0284. The number of nitrogens with two attached hydrogens (primary N) is 1. The van der Waals surface area contributed by atoms with Gasteiger partial charge in [-0.15, -0.1) is 0 Å². The summed E-state index contributed by atoms with van der Waals surface area (Å²) in [6.07, 6.45) is -3.54. The van der Waals surface area contributed by atoms with Gasteiger partial charge in [0.25, 0.3) is 0 Å². The summed E-state index contributed by atoms with van der Waals surface area (Å²) in [6.45, 7) is 2.79. The molecule has 24 nitrogen and oxygen atoms in total. The molecule has 1 aliphatic heterocycles. The fourth-order valence-corrected chi connectivity index (χ4v) is 5.21. The van der Waals surface area contributed by atoms with Crippen LogP contribution < -0.4 is 21.7 Å². The van der Waals surface area contributed by atoms with E-state index in [0.29, 0.717) is 78.5 Å². The van der Waals surface area contributed by atoms with Crippen molar-refractivity contribution in [2.75, 3.05) is 132 Å². The zero-order valence-corrected chi connectivity index (χ0v) is 38.8. The van der Waals surface area contributed by atoms with Crippen LogP contribution in [0, 0.1) is 38.5 Å². The Balaban J connectivity index is -0.00000105. The van der Waals surface area contributed by atoms with Gasteiger partial charge in [-0.1, -0.05) is 0 Å². The molecule has 12 N–H and O–H groups in total. The van der Waals surface area contributed by atoms with Gasteiger partial charge in [0, 0.05) is 116 Å². The van der Waals surface area contributed by atoms with Crippen molar-refractivity contribution in [3.05, 3.63) is 7.43 Å². The monoisotopic (exact) mass is 1090 g/mol. The molecule has 60 heavy (non-hydrogen) atoms. The van der Waals surface area contributed by atoms with Gasteiger partial charge in [0.05, 0.1) is 58.7 Å². The Hall–Kier alpha value is -3.06. The summed E-state index contributed by atoms with van der Waals surface area (Å²) in [6, 6.07) is 0. The van der Waals surface area contributed by atoms with E-state index in [1.807, 2.05) is 0 Å². The first-order valence-electron chi connectivity index (χ1n) is 18.8. The van der Waals surface area contributed by atoms with Crippen molar-refractivity contribution < 1.29 is 110 Å². The number of carbonyl (C=O) groups excluding carboxylic acids is 4. The van der Waals surface area contributed by atoms with Crippen LogP contribution >= 0.6 is 0 Å². The maximum absolute atomic E-state index is 11.7. The minimum atomic E-state index is -1.49. The van der Waals surface area contributed by atoms with Crippen molar-refractivity contribution in [1.82, 2.24) is 35.6 Å². The summed E-state index contributed by atoms with van der Waals surface area (Å²) in [5.74, 6) is -4.24.